The molecule has 136 valence electrons. The van der Waals surface area contributed by atoms with Crippen LogP contribution in [0.2, 0.25) is 5.02 Å². The van der Waals surface area contributed by atoms with Crippen molar-refractivity contribution in [2.24, 2.45) is 0 Å². The van der Waals surface area contributed by atoms with Crippen molar-refractivity contribution in [1.82, 2.24) is 9.97 Å². The first-order valence-corrected chi connectivity index (χ1v) is 8.87. The van der Waals surface area contributed by atoms with Gasteiger partial charge in [-0.05, 0) is 49.2 Å². The number of halogens is 2. The van der Waals surface area contributed by atoms with Crippen LogP contribution in [0.5, 0.6) is 0 Å². The Bertz CT molecular complexity index is 1030. The van der Waals surface area contributed by atoms with Gasteiger partial charge >= 0.3 is 0 Å². The zero-order valence-corrected chi connectivity index (χ0v) is 15.2. The quantitative estimate of drug-likeness (QED) is 0.719. The number of nitrogens with zero attached hydrogens (tertiary/aromatic N) is 3. The Morgan fingerprint density at radius 2 is 2.07 bits per heavy atom. The molecule has 0 saturated carbocycles. The van der Waals surface area contributed by atoms with E-state index in [2.05, 4.69) is 15.3 Å². The minimum absolute atomic E-state index is 0.00488. The lowest BCUT2D eigenvalue weighted by Gasteiger charge is -2.22. The molecule has 1 atom stereocenters. The molecule has 0 aliphatic carbocycles. The molecule has 1 aromatic heterocycles. The van der Waals surface area contributed by atoms with Crippen molar-refractivity contribution >= 4 is 34.8 Å². The smallest absolute Gasteiger partial charge is 0.277 e. The topological polar surface area (TPSA) is 58.1 Å². The number of amides is 1. The number of hydrogen-bond acceptors (Lipinski definition) is 4. The summed E-state index contributed by atoms with van der Waals surface area (Å²) in [7, 11) is 0. The van der Waals surface area contributed by atoms with Crippen molar-refractivity contribution in [3.8, 4) is 0 Å². The summed E-state index contributed by atoms with van der Waals surface area (Å²) >= 11 is 5.80. The van der Waals surface area contributed by atoms with Crippen LogP contribution in [0.1, 0.15) is 23.0 Å². The standard InChI is InChI=1S/C20H16ClFN4O/c1-12-10-13-4-2-3-5-18(13)26(12)19(27)17-8-9-23-20(25-17)24-14-6-7-16(22)15(21)11-14/h2-9,11-12H,10H2,1H3,(H,23,24,25). The van der Waals surface area contributed by atoms with Crippen molar-refractivity contribution in [3.63, 3.8) is 0 Å². The van der Waals surface area contributed by atoms with Gasteiger partial charge in [-0.1, -0.05) is 29.8 Å². The van der Waals surface area contributed by atoms with Crippen LogP contribution < -0.4 is 10.2 Å². The third-order valence-corrected chi connectivity index (χ3v) is 4.77. The molecule has 0 radical (unpaired) electrons. The molecule has 1 amide bonds. The summed E-state index contributed by atoms with van der Waals surface area (Å²) in [5.41, 5.74) is 2.87. The molecule has 1 unspecified atom stereocenters. The van der Waals surface area contributed by atoms with E-state index in [0.717, 1.165) is 17.7 Å². The van der Waals surface area contributed by atoms with Crippen molar-refractivity contribution in [1.29, 1.82) is 0 Å². The Morgan fingerprint density at radius 1 is 1.26 bits per heavy atom. The van der Waals surface area contributed by atoms with E-state index in [4.69, 9.17) is 11.6 Å². The average molecular weight is 383 g/mol. The van der Waals surface area contributed by atoms with Crippen LogP contribution in [0.3, 0.4) is 0 Å². The zero-order chi connectivity index (χ0) is 19.0. The Labute approximate surface area is 160 Å². The molecule has 7 heteroatoms. The second-order valence-electron chi connectivity index (χ2n) is 6.38. The maximum absolute atomic E-state index is 13.3. The fraction of sp³-hybridized carbons (Fsp3) is 0.150. The number of hydrogen-bond donors (Lipinski definition) is 1. The number of para-hydroxylation sites is 1. The van der Waals surface area contributed by atoms with E-state index in [0.29, 0.717) is 5.69 Å². The third-order valence-electron chi connectivity index (χ3n) is 4.48. The molecular weight excluding hydrogens is 367 g/mol. The highest BCUT2D eigenvalue weighted by molar-refractivity contribution is 6.31. The molecule has 0 spiro atoms. The van der Waals surface area contributed by atoms with Gasteiger partial charge in [0.25, 0.3) is 5.91 Å². The van der Waals surface area contributed by atoms with E-state index in [-0.39, 0.29) is 28.6 Å². The number of nitrogens with one attached hydrogen (secondary N) is 1. The molecule has 1 aliphatic rings. The van der Waals surface area contributed by atoms with Crippen molar-refractivity contribution < 1.29 is 9.18 Å². The van der Waals surface area contributed by atoms with Crippen LogP contribution in [0, 0.1) is 5.82 Å². The zero-order valence-electron chi connectivity index (χ0n) is 14.5. The second kappa shape index (κ2) is 6.96. The molecule has 2 heterocycles. The molecule has 2 aromatic carbocycles. The SMILES string of the molecule is CC1Cc2ccccc2N1C(=O)c1ccnc(Nc2ccc(F)c(Cl)c2)n1. The van der Waals surface area contributed by atoms with Crippen molar-refractivity contribution in [2.45, 2.75) is 19.4 Å². The molecule has 4 rings (SSSR count). The van der Waals surface area contributed by atoms with Gasteiger partial charge in [-0.25, -0.2) is 14.4 Å². The molecule has 3 aromatic rings. The van der Waals surface area contributed by atoms with E-state index >= 15 is 0 Å². The fourth-order valence-corrected chi connectivity index (χ4v) is 3.42. The van der Waals surface area contributed by atoms with Gasteiger partial charge in [0.2, 0.25) is 5.95 Å². The first-order chi connectivity index (χ1) is 13.0. The summed E-state index contributed by atoms with van der Waals surface area (Å²) in [5, 5.41) is 2.94. The number of fused-ring (bicyclic) bond motifs is 1. The van der Waals surface area contributed by atoms with E-state index in [1.54, 1.807) is 11.0 Å². The van der Waals surface area contributed by atoms with Gasteiger partial charge in [0.15, 0.2) is 0 Å². The van der Waals surface area contributed by atoms with Crippen LogP contribution in [0.15, 0.2) is 54.7 Å². The van der Waals surface area contributed by atoms with Gasteiger partial charge in [0, 0.05) is 23.6 Å². The lowest BCUT2D eigenvalue weighted by molar-refractivity contribution is 0.0976. The van der Waals surface area contributed by atoms with Gasteiger partial charge in [-0.2, -0.15) is 0 Å². The van der Waals surface area contributed by atoms with Crippen molar-refractivity contribution in [3.05, 3.63) is 76.8 Å². The summed E-state index contributed by atoms with van der Waals surface area (Å²) in [5.74, 6) is -0.451. The summed E-state index contributed by atoms with van der Waals surface area (Å²) in [6, 6.07) is 13.7. The number of rotatable bonds is 3. The molecule has 1 aliphatic heterocycles. The highest BCUT2D eigenvalue weighted by atomic mass is 35.5. The molecule has 0 fully saturated rings. The maximum atomic E-state index is 13.3. The van der Waals surface area contributed by atoms with Crippen LogP contribution in [0.25, 0.3) is 0 Å². The van der Waals surface area contributed by atoms with Gasteiger partial charge in [0.1, 0.15) is 11.5 Å². The van der Waals surface area contributed by atoms with Crippen LogP contribution in [-0.4, -0.2) is 21.9 Å². The third kappa shape index (κ3) is 3.36. The Hall–Kier alpha value is -2.99. The fourth-order valence-electron chi connectivity index (χ4n) is 3.24. The van der Waals surface area contributed by atoms with E-state index in [9.17, 15) is 9.18 Å². The number of carbonyl (C=O) groups excluding carboxylic acids is 1. The van der Waals surface area contributed by atoms with Gasteiger partial charge < -0.3 is 10.2 Å². The minimum Gasteiger partial charge on any atom is -0.324 e. The van der Waals surface area contributed by atoms with Crippen LogP contribution in [-0.2, 0) is 6.42 Å². The monoisotopic (exact) mass is 382 g/mol. The van der Waals surface area contributed by atoms with Crippen LogP contribution >= 0.6 is 11.6 Å². The normalized spacial score (nSPS) is 15.5. The molecule has 27 heavy (non-hydrogen) atoms. The van der Waals surface area contributed by atoms with E-state index in [1.165, 1.54) is 24.4 Å². The predicted molar refractivity (Wildman–Crippen MR) is 103 cm³/mol. The van der Waals surface area contributed by atoms with Crippen molar-refractivity contribution in [2.75, 3.05) is 10.2 Å². The Kier molecular flexibility index (Phi) is 4.49. The first-order valence-electron chi connectivity index (χ1n) is 8.49. The first kappa shape index (κ1) is 17.4. The van der Waals surface area contributed by atoms with E-state index < -0.39 is 5.82 Å². The lowest BCUT2D eigenvalue weighted by atomic mass is 10.1. The summed E-state index contributed by atoms with van der Waals surface area (Å²) in [4.78, 5) is 23.3. The Balaban J connectivity index is 1.60. The maximum Gasteiger partial charge on any atom is 0.277 e. The predicted octanol–water partition coefficient (Wildman–Crippen LogP) is 4.60. The highest BCUT2D eigenvalue weighted by Crippen LogP contribution is 2.33. The van der Waals surface area contributed by atoms with Gasteiger partial charge in [-0.15, -0.1) is 0 Å². The van der Waals surface area contributed by atoms with E-state index in [1.807, 2.05) is 31.2 Å². The largest absolute Gasteiger partial charge is 0.324 e. The van der Waals surface area contributed by atoms with Crippen LogP contribution in [0.4, 0.5) is 21.7 Å². The molecule has 0 bridgehead atoms. The molecule has 1 N–H and O–H groups in total. The number of aromatic nitrogens is 2. The highest BCUT2D eigenvalue weighted by Gasteiger charge is 2.31. The number of benzene rings is 2. The minimum atomic E-state index is -0.506. The van der Waals surface area contributed by atoms with Gasteiger partial charge in [0.05, 0.1) is 5.02 Å². The Morgan fingerprint density at radius 3 is 2.89 bits per heavy atom. The number of carbonyl (C=O) groups is 1. The summed E-state index contributed by atoms with van der Waals surface area (Å²) in [6.45, 7) is 2.01. The molecule has 0 saturated heterocycles. The second-order valence-corrected chi connectivity index (χ2v) is 6.78. The van der Waals surface area contributed by atoms with Gasteiger partial charge in [-0.3, -0.25) is 4.79 Å². The lowest BCUT2D eigenvalue weighted by Crippen LogP contribution is -2.36. The summed E-state index contributed by atoms with van der Waals surface area (Å²) < 4.78 is 13.3. The summed E-state index contributed by atoms with van der Waals surface area (Å²) in [6.07, 6.45) is 2.33. The number of anilines is 3. The molecular formula is C20H16ClFN4O. The average Bonchev–Trinajstić information content (AvgIpc) is 3.00. The molecule has 5 nitrogen and oxygen atoms in total.